The van der Waals surface area contributed by atoms with Crippen molar-refractivity contribution in [3.05, 3.63) is 71.5 Å². The van der Waals surface area contributed by atoms with E-state index in [2.05, 4.69) is 15.5 Å². The van der Waals surface area contributed by atoms with E-state index in [4.69, 9.17) is 0 Å². The molecular formula is C24H27N3O3. The molecule has 0 radical (unpaired) electrons. The summed E-state index contributed by atoms with van der Waals surface area (Å²) in [5.41, 5.74) is 1.44. The van der Waals surface area contributed by atoms with Crippen LogP contribution in [0.4, 0.5) is 11.4 Å². The average molecular weight is 405 g/mol. The summed E-state index contributed by atoms with van der Waals surface area (Å²) in [6.45, 7) is 3.82. The molecule has 156 valence electrons. The Kier molecular flexibility index (Phi) is 5.48. The maximum absolute atomic E-state index is 12.8. The highest BCUT2D eigenvalue weighted by molar-refractivity contribution is 6.24. The van der Waals surface area contributed by atoms with Crippen LogP contribution in [-0.4, -0.2) is 35.5 Å². The fraction of sp³-hybridized carbons (Fsp3) is 0.333. The quantitative estimate of drug-likeness (QED) is 0.665. The van der Waals surface area contributed by atoms with Crippen molar-refractivity contribution in [2.24, 2.45) is 0 Å². The minimum atomic E-state index is -1.01. The van der Waals surface area contributed by atoms with Gasteiger partial charge < -0.3 is 20.6 Å². The maximum atomic E-state index is 12.8. The van der Waals surface area contributed by atoms with Crippen molar-refractivity contribution in [2.75, 3.05) is 23.3 Å². The monoisotopic (exact) mass is 405 g/mol. The van der Waals surface area contributed by atoms with Gasteiger partial charge in [-0.25, -0.2) is 0 Å². The number of rotatable bonds is 5. The Morgan fingerprint density at radius 2 is 1.73 bits per heavy atom. The Labute approximate surface area is 176 Å². The van der Waals surface area contributed by atoms with Crippen molar-refractivity contribution in [2.45, 2.75) is 38.1 Å². The van der Waals surface area contributed by atoms with Crippen LogP contribution in [0, 0.1) is 0 Å². The van der Waals surface area contributed by atoms with Gasteiger partial charge >= 0.3 is 0 Å². The smallest absolute Gasteiger partial charge is 0.264 e. The van der Waals surface area contributed by atoms with Gasteiger partial charge in [0, 0.05) is 30.9 Å². The molecule has 30 heavy (non-hydrogen) atoms. The number of anilines is 2. The second-order valence-electron chi connectivity index (χ2n) is 8.22. The van der Waals surface area contributed by atoms with E-state index in [1.807, 2.05) is 54.6 Å². The lowest BCUT2D eigenvalue weighted by Crippen LogP contribution is -2.43. The molecule has 6 heteroatoms. The summed E-state index contributed by atoms with van der Waals surface area (Å²) in [6, 6.07) is 17.2. The first-order valence-electron chi connectivity index (χ1n) is 10.4. The molecule has 1 fully saturated rings. The first-order chi connectivity index (χ1) is 14.5. The summed E-state index contributed by atoms with van der Waals surface area (Å²) in [5.74, 6) is -1.39. The van der Waals surface area contributed by atoms with Gasteiger partial charge in [-0.2, -0.15) is 0 Å². The van der Waals surface area contributed by atoms with Crippen LogP contribution >= 0.6 is 0 Å². The third kappa shape index (κ3) is 4.03. The second-order valence-corrected chi connectivity index (χ2v) is 8.22. The van der Waals surface area contributed by atoms with Crippen LogP contribution in [0.15, 0.2) is 65.9 Å². The molecule has 0 saturated carbocycles. The Bertz CT molecular complexity index is 963. The molecule has 2 aliphatic heterocycles. The first kappa shape index (κ1) is 20.0. The van der Waals surface area contributed by atoms with Gasteiger partial charge in [0.2, 0.25) is 0 Å². The van der Waals surface area contributed by atoms with Crippen molar-refractivity contribution in [1.29, 1.82) is 0 Å². The molecule has 2 aromatic carbocycles. The molecular weight excluding hydrogens is 378 g/mol. The van der Waals surface area contributed by atoms with Crippen molar-refractivity contribution < 1.29 is 14.7 Å². The predicted octanol–water partition coefficient (Wildman–Crippen LogP) is 3.56. The van der Waals surface area contributed by atoms with Crippen molar-refractivity contribution in [3.8, 4) is 0 Å². The van der Waals surface area contributed by atoms with E-state index in [0.717, 1.165) is 24.3 Å². The van der Waals surface area contributed by atoms with Crippen LogP contribution in [0.3, 0.4) is 0 Å². The molecule has 3 N–H and O–H groups in total. The summed E-state index contributed by atoms with van der Waals surface area (Å²) in [4.78, 5) is 27.6. The fourth-order valence-electron chi connectivity index (χ4n) is 4.20. The zero-order valence-corrected chi connectivity index (χ0v) is 17.1. The summed E-state index contributed by atoms with van der Waals surface area (Å²) < 4.78 is 0. The Morgan fingerprint density at radius 3 is 2.40 bits per heavy atom. The van der Waals surface area contributed by atoms with Gasteiger partial charge in [0.15, 0.2) is 0 Å². The van der Waals surface area contributed by atoms with Crippen LogP contribution in [0.25, 0.3) is 0 Å². The largest absolute Gasteiger partial charge is 0.509 e. The summed E-state index contributed by atoms with van der Waals surface area (Å²) in [5, 5.41) is 16.2. The summed E-state index contributed by atoms with van der Waals surface area (Å²) in [6.07, 6.45) is 4.06. The minimum Gasteiger partial charge on any atom is -0.509 e. The zero-order valence-electron chi connectivity index (χ0n) is 17.1. The number of hydrogen-bond donors (Lipinski definition) is 3. The fourth-order valence-corrected chi connectivity index (χ4v) is 4.20. The second kappa shape index (κ2) is 8.22. The molecule has 1 atom stereocenters. The van der Waals surface area contributed by atoms with Crippen molar-refractivity contribution in [3.63, 3.8) is 0 Å². The molecule has 2 aliphatic rings. The van der Waals surface area contributed by atoms with Gasteiger partial charge in [-0.1, -0.05) is 30.3 Å². The van der Waals surface area contributed by atoms with Crippen LogP contribution in [0.2, 0.25) is 0 Å². The molecule has 2 aromatic rings. The number of carbonyl (C=O) groups excluding carboxylic acids is 2. The normalized spacial score (nSPS) is 21.5. The molecule has 0 aromatic heterocycles. The highest BCUT2D eigenvalue weighted by Crippen LogP contribution is 2.30. The van der Waals surface area contributed by atoms with E-state index in [1.54, 1.807) is 6.92 Å². The highest BCUT2D eigenvalue weighted by Gasteiger charge is 2.44. The summed E-state index contributed by atoms with van der Waals surface area (Å²) >= 11 is 0. The molecule has 0 bridgehead atoms. The van der Waals surface area contributed by atoms with Gasteiger partial charge in [-0.3, -0.25) is 9.59 Å². The van der Waals surface area contributed by atoms with Gasteiger partial charge in [0.05, 0.1) is 5.54 Å². The summed E-state index contributed by atoms with van der Waals surface area (Å²) in [7, 11) is 0. The number of carbonyl (C=O) groups is 2. The average Bonchev–Trinajstić information content (AvgIpc) is 2.97. The lowest BCUT2D eigenvalue weighted by Gasteiger charge is -2.28. The van der Waals surface area contributed by atoms with Gasteiger partial charge in [0.25, 0.3) is 11.8 Å². The lowest BCUT2D eigenvalue weighted by atomic mass is 9.91. The SMILES string of the molecule is CC1(Cc2ccccc2)NC(=O)C(C(=O)Nc2ccc(N3CCCCC3)cc2)=C1O. The minimum absolute atomic E-state index is 0.223. The third-order valence-electron chi connectivity index (χ3n) is 5.85. The van der Waals surface area contributed by atoms with Crippen LogP contribution in [-0.2, 0) is 16.0 Å². The number of amides is 2. The van der Waals surface area contributed by atoms with E-state index < -0.39 is 17.4 Å². The number of benzene rings is 2. The van der Waals surface area contributed by atoms with Gasteiger partial charge in [-0.15, -0.1) is 0 Å². The lowest BCUT2D eigenvalue weighted by molar-refractivity contribution is -0.121. The first-order valence-corrected chi connectivity index (χ1v) is 10.4. The zero-order chi connectivity index (χ0) is 21.1. The Balaban J connectivity index is 1.48. The standard InChI is InChI=1S/C24H27N3O3/c1-24(16-17-8-4-2-5-9-17)21(28)20(23(30)26-24)22(29)25-18-10-12-19(13-11-18)27-14-6-3-7-15-27/h2,4-5,8-13,28H,3,6-7,14-16H2,1H3,(H,25,29)(H,26,30). The highest BCUT2D eigenvalue weighted by atomic mass is 16.3. The van der Waals surface area contributed by atoms with E-state index >= 15 is 0 Å². The molecule has 0 aliphatic carbocycles. The maximum Gasteiger partial charge on any atom is 0.264 e. The molecule has 2 heterocycles. The van der Waals surface area contributed by atoms with Crippen LogP contribution in [0.5, 0.6) is 0 Å². The third-order valence-corrected chi connectivity index (χ3v) is 5.85. The number of aliphatic hydroxyl groups is 1. The van der Waals surface area contributed by atoms with Gasteiger partial charge in [0.1, 0.15) is 11.3 Å². The molecule has 2 amide bonds. The van der Waals surface area contributed by atoms with E-state index in [9.17, 15) is 14.7 Å². The molecule has 1 unspecified atom stereocenters. The number of aliphatic hydroxyl groups excluding tert-OH is 1. The van der Waals surface area contributed by atoms with E-state index in [0.29, 0.717) is 12.1 Å². The van der Waals surface area contributed by atoms with E-state index in [-0.39, 0.29) is 11.3 Å². The van der Waals surface area contributed by atoms with Crippen molar-refractivity contribution in [1.82, 2.24) is 5.32 Å². The molecule has 1 saturated heterocycles. The van der Waals surface area contributed by atoms with E-state index in [1.165, 1.54) is 19.3 Å². The Morgan fingerprint density at radius 1 is 1.07 bits per heavy atom. The molecule has 0 spiro atoms. The predicted molar refractivity (Wildman–Crippen MR) is 117 cm³/mol. The number of piperidine rings is 1. The topological polar surface area (TPSA) is 81.7 Å². The van der Waals surface area contributed by atoms with Gasteiger partial charge in [-0.05, 0) is 56.0 Å². The van der Waals surface area contributed by atoms with Crippen LogP contribution in [0.1, 0.15) is 31.7 Å². The molecule has 6 nitrogen and oxygen atoms in total. The number of hydrogen-bond acceptors (Lipinski definition) is 4. The number of nitrogens with zero attached hydrogens (tertiary/aromatic N) is 1. The van der Waals surface area contributed by atoms with Crippen molar-refractivity contribution >= 4 is 23.2 Å². The van der Waals surface area contributed by atoms with Crippen LogP contribution < -0.4 is 15.5 Å². The Hall–Kier alpha value is -3.28. The molecule has 4 rings (SSSR count). The number of nitrogens with one attached hydrogen (secondary N) is 2.